The van der Waals surface area contributed by atoms with Crippen molar-refractivity contribution < 1.29 is 13.9 Å². The van der Waals surface area contributed by atoms with Gasteiger partial charge in [-0.05, 0) is 49.2 Å². The zero-order chi connectivity index (χ0) is 15.6. The van der Waals surface area contributed by atoms with Crippen LogP contribution in [0.5, 0.6) is 0 Å². The van der Waals surface area contributed by atoms with Crippen LogP contribution in [0, 0.1) is 19.7 Å². The fourth-order valence-corrected chi connectivity index (χ4v) is 2.03. The number of nitrogens with one attached hydrogen (secondary N) is 1. The van der Waals surface area contributed by atoms with Crippen molar-refractivity contribution in [3.63, 3.8) is 0 Å². The monoisotopic (exact) mass is 288 g/mol. The van der Waals surface area contributed by atoms with Crippen molar-refractivity contribution in [3.05, 3.63) is 52.8 Å². The van der Waals surface area contributed by atoms with E-state index in [1.54, 1.807) is 25.1 Å². The maximum atomic E-state index is 13.3. The molecule has 0 aliphatic heterocycles. The quantitative estimate of drug-likeness (QED) is 0.669. The van der Waals surface area contributed by atoms with Crippen molar-refractivity contribution in [1.82, 2.24) is 0 Å². The van der Waals surface area contributed by atoms with Crippen LogP contribution in [0.2, 0.25) is 0 Å². The fraction of sp³-hybridized carbons (Fsp3) is 0.188. The molecule has 0 aliphatic rings. The van der Waals surface area contributed by atoms with E-state index in [2.05, 4.69) is 5.32 Å². The third kappa shape index (κ3) is 3.13. The van der Waals surface area contributed by atoms with E-state index in [9.17, 15) is 9.18 Å². The van der Waals surface area contributed by atoms with E-state index in [1.807, 2.05) is 6.92 Å². The van der Waals surface area contributed by atoms with Crippen LogP contribution in [0.25, 0.3) is 0 Å². The topological polar surface area (TPSA) is 64.3 Å². The number of carbonyl (C=O) groups is 1. The van der Waals surface area contributed by atoms with Crippen LogP contribution < -0.4 is 11.1 Å². The molecule has 2 aromatic rings. The third-order valence-corrected chi connectivity index (χ3v) is 3.27. The molecule has 0 radical (unpaired) electrons. The largest absolute Gasteiger partial charge is 0.465 e. The zero-order valence-electron chi connectivity index (χ0n) is 12.2. The van der Waals surface area contributed by atoms with Crippen LogP contribution in [0.1, 0.15) is 21.5 Å². The van der Waals surface area contributed by atoms with Crippen molar-refractivity contribution in [2.45, 2.75) is 13.8 Å². The molecule has 0 fully saturated rings. The van der Waals surface area contributed by atoms with E-state index in [4.69, 9.17) is 10.5 Å². The first-order chi connectivity index (χ1) is 9.92. The highest BCUT2D eigenvalue weighted by Gasteiger charge is 2.14. The minimum absolute atomic E-state index is 0.286. The number of nitrogen functional groups attached to an aromatic ring is 1. The standard InChI is InChI=1S/C16H17FN2O2/c1-9-4-5-11(17)7-14(9)19-12-6-10(2)15(18)13(8-12)16(20)21-3/h4-8,19H,18H2,1-3H3. The summed E-state index contributed by atoms with van der Waals surface area (Å²) in [6.07, 6.45) is 0. The second kappa shape index (κ2) is 5.83. The van der Waals surface area contributed by atoms with E-state index in [-0.39, 0.29) is 11.4 Å². The number of carbonyl (C=O) groups excluding carboxylic acids is 1. The van der Waals surface area contributed by atoms with E-state index >= 15 is 0 Å². The lowest BCUT2D eigenvalue weighted by Gasteiger charge is -2.14. The molecule has 2 rings (SSSR count). The average molecular weight is 288 g/mol. The Morgan fingerprint density at radius 2 is 1.90 bits per heavy atom. The Morgan fingerprint density at radius 1 is 1.19 bits per heavy atom. The summed E-state index contributed by atoms with van der Waals surface area (Å²) >= 11 is 0. The lowest BCUT2D eigenvalue weighted by Crippen LogP contribution is -2.08. The molecule has 0 aliphatic carbocycles. The van der Waals surface area contributed by atoms with E-state index in [1.165, 1.54) is 19.2 Å². The predicted octanol–water partition coefficient (Wildman–Crippen LogP) is 3.55. The van der Waals surface area contributed by atoms with Crippen LogP contribution in [-0.2, 0) is 4.74 Å². The summed E-state index contributed by atoms with van der Waals surface area (Å²) in [5.74, 6) is -0.835. The van der Waals surface area contributed by atoms with Crippen LogP contribution in [0.3, 0.4) is 0 Å². The number of halogens is 1. The highest BCUT2D eigenvalue weighted by atomic mass is 19.1. The van der Waals surface area contributed by atoms with E-state index in [0.717, 1.165) is 11.1 Å². The molecule has 2 aromatic carbocycles. The molecule has 0 aromatic heterocycles. The van der Waals surface area contributed by atoms with Gasteiger partial charge in [-0.15, -0.1) is 0 Å². The van der Waals surface area contributed by atoms with Crippen molar-refractivity contribution in [2.75, 3.05) is 18.2 Å². The highest BCUT2D eigenvalue weighted by molar-refractivity contribution is 5.97. The Kier molecular flexibility index (Phi) is 4.12. The maximum absolute atomic E-state index is 13.3. The Bertz CT molecular complexity index is 699. The van der Waals surface area contributed by atoms with Crippen LogP contribution >= 0.6 is 0 Å². The number of benzene rings is 2. The summed E-state index contributed by atoms with van der Waals surface area (Å²) in [5, 5.41) is 3.10. The minimum Gasteiger partial charge on any atom is -0.465 e. The van der Waals surface area contributed by atoms with Gasteiger partial charge in [-0.2, -0.15) is 0 Å². The Balaban J connectivity index is 2.43. The normalized spacial score (nSPS) is 10.3. The molecule has 0 spiro atoms. The van der Waals surface area contributed by atoms with Crippen molar-refractivity contribution >= 4 is 23.0 Å². The van der Waals surface area contributed by atoms with Gasteiger partial charge in [0.2, 0.25) is 0 Å². The molecule has 110 valence electrons. The zero-order valence-corrected chi connectivity index (χ0v) is 12.2. The Hall–Kier alpha value is -2.56. The maximum Gasteiger partial charge on any atom is 0.340 e. The van der Waals surface area contributed by atoms with E-state index in [0.29, 0.717) is 17.1 Å². The van der Waals surface area contributed by atoms with E-state index < -0.39 is 5.97 Å². The van der Waals surface area contributed by atoms with Crippen LogP contribution in [0.4, 0.5) is 21.5 Å². The van der Waals surface area contributed by atoms with Crippen LogP contribution in [-0.4, -0.2) is 13.1 Å². The number of hydrogen-bond donors (Lipinski definition) is 2. The molecule has 0 unspecified atom stereocenters. The first-order valence-corrected chi connectivity index (χ1v) is 6.44. The highest BCUT2D eigenvalue weighted by Crippen LogP contribution is 2.27. The lowest BCUT2D eigenvalue weighted by molar-refractivity contribution is 0.0602. The molecule has 5 heteroatoms. The predicted molar refractivity (Wildman–Crippen MR) is 81.4 cm³/mol. The molecule has 0 saturated carbocycles. The number of esters is 1. The molecule has 0 saturated heterocycles. The Morgan fingerprint density at radius 3 is 2.57 bits per heavy atom. The molecule has 0 heterocycles. The van der Waals surface area contributed by atoms with Gasteiger partial charge in [-0.1, -0.05) is 6.07 Å². The molecular weight excluding hydrogens is 271 g/mol. The molecular formula is C16H17FN2O2. The van der Waals surface area contributed by atoms with Gasteiger partial charge in [0.05, 0.1) is 12.7 Å². The number of nitrogens with two attached hydrogens (primary N) is 1. The average Bonchev–Trinajstić information content (AvgIpc) is 2.45. The summed E-state index contributed by atoms with van der Waals surface area (Å²) in [4.78, 5) is 11.7. The molecule has 0 atom stereocenters. The van der Waals surface area contributed by atoms with Gasteiger partial charge in [0, 0.05) is 17.1 Å². The van der Waals surface area contributed by atoms with Crippen molar-refractivity contribution in [1.29, 1.82) is 0 Å². The smallest absolute Gasteiger partial charge is 0.340 e. The van der Waals surface area contributed by atoms with Gasteiger partial charge in [0.15, 0.2) is 0 Å². The molecule has 0 bridgehead atoms. The van der Waals surface area contributed by atoms with Crippen LogP contribution in [0.15, 0.2) is 30.3 Å². The van der Waals surface area contributed by atoms with Crippen molar-refractivity contribution in [3.8, 4) is 0 Å². The molecule has 21 heavy (non-hydrogen) atoms. The van der Waals surface area contributed by atoms with Gasteiger partial charge in [-0.3, -0.25) is 0 Å². The summed E-state index contributed by atoms with van der Waals surface area (Å²) in [6, 6.07) is 7.88. The lowest BCUT2D eigenvalue weighted by atomic mass is 10.1. The molecule has 4 nitrogen and oxygen atoms in total. The SMILES string of the molecule is COC(=O)c1cc(Nc2cc(F)ccc2C)cc(C)c1N. The first-order valence-electron chi connectivity index (χ1n) is 6.44. The second-order valence-electron chi connectivity index (χ2n) is 4.83. The van der Waals surface area contributed by atoms with Gasteiger partial charge in [0.1, 0.15) is 5.82 Å². The number of aryl methyl sites for hydroxylation is 2. The van der Waals surface area contributed by atoms with Gasteiger partial charge < -0.3 is 15.8 Å². The molecule has 3 N–H and O–H groups in total. The van der Waals surface area contributed by atoms with Gasteiger partial charge in [0.25, 0.3) is 0 Å². The fourth-order valence-electron chi connectivity index (χ4n) is 2.03. The first kappa shape index (κ1) is 14.8. The number of anilines is 3. The summed E-state index contributed by atoms with van der Waals surface area (Å²) < 4.78 is 18.0. The Labute approximate surface area is 122 Å². The summed E-state index contributed by atoms with van der Waals surface area (Å²) in [6.45, 7) is 3.67. The second-order valence-corrected chi connectivity index (χ2v) is 4.83. The van der Waals surface area contributed by atoms with Gasteiger partial charge >= 0.3 is 5.97 Å². The number of rotatable bonds is 3. The summed E-state index contributed by atoms with van der Waals surface area (Å²) in [7, 11) is 1.30. The van der Waals surface area contributed by atoms with Crippen molar-refractivity contribution in [2.24, 2.45) is 0 Å². The number of methoxy groups -OCH3 is 1. The number of ether oxygens (including phenoxy) is 1. The third-order valence-electron chi connectivity index (χ3n) is 3.27. The number of hydrogen-bond acceptors (Lipinski definition) is 4. The summed E-state index contributed by atoms with van der Waals surface area (Å²) in [5.41, 5.74) is 9.47. The molecule has 0 amide bonds. The minimum atomic E-state index is -0.504. The van der Waals surface area contributed by atoms with Gasteiger partial charge in [-0.25, -0.2) is 9.18 Å².